The van der Waals surface area contributed by atoms with Gasteiger partial charge in [-0.05, 0) is 30.7 Å². The monoisotopic (exact) mass is 286 g/mol. The van der Waals surface area contributed by atoms with Gasteiger partial charge in [-0.3, -0.25) is 0 Å². The Morgan fingerprint density at radius 2 is 2.00 bits per heavy atom. The summed E-state index contributed by atoms with van der Waals surface area (Å²) in [4.78, 5) is 4.76. The second-order valence-electron chi connectivity index (χ2n) is 4.63. The molecule has 0 saturated carbocycles. The zero-order chi connectivity index (χ0) is 14.1. The summed E-state index contributed by atoms with van der Waals surface area (Å²) in [5.74, 6) is 1.21. The van der Waals surface area contributed by atoms with E-state index in [-0.39, 0.29) is 0 Å². The van der Waals surface area contributed by atoms with Gasteiger partial charge >= 0.3 is 0 Å². The van der Waals surface area contributed by atoms with E-state index in [0.29, 0.717) is 5.88 Å². The van der Waals surface area contributed by atoms with Gasteiger partial charge in [0.25, 0.3) is 0 Å². The molecule has 0 N–H and O–H groups in total. The first-order valence-electron chi connectivity index (χ1n) is 6.42. The minimum Gasteiger partial charge on any atom is -0.496 e. The van der Waals surface area contributed by atoms with Crippen molar-refractivity contribution in [3.8, 4) is 17.0 Å². The average Bonchev–Trinajstić information content (AvgIpc) is 2.87. The van der Waals surface area contributed by atoms with Gasteiger partial charge in [0.2, 0.25) is 0 Å². The number of methoxy groups -OCH3 is 1. The molecule has 0 saturated heterocycles. The fourth-order valence-electron chi connectivity index (χ4n) is 2.44. The molecule has 0 amide bonds. The predicted molar refractivity (Wildman–Crippen MR) is 81.5 cm³/mol. The van der Waals surface area contributed by atoms with Gasteiger partial charge in [-0.15, -0.1) is 11.6 Å². The van der Waals surface area contributed by atoms with Crippen LogP contribution in [-0.2, 0) is 5.88 Å². The number of nitrogens with zero attached hydrogens (tertiary/aromatic N) is 2. The number of para-hydroxylation sites is 1. The van der Waals surface area contributed by atoms with E-state index < -0.39 is 0 Å². The second-order valence-corrected chi connectivity index (χ2v) is 4.89. The van der Waals surface area contributed by atoms with Crippen molar-refractivity contribution in [2.45, 2.75) is 12.8 Å². The van der Waals surface area contributed by atoms with E-state index in [9.17, 15) is 0 Å². The SMILES string of the molecule is COc1ccccc1-c1nc2c(C)cccn2c1CCl. The molecule has 1 aromatic carbocycles. The Bertz CT molecular complexity index is 764. The third-order valence-corrected chi connectivity index (χ3v) is 3.69. The first kappa shape index (κ1) is 13.0. The van der Waals surface area contributed by atoms with Crippen molar-refractivity contribution >= 4 is 17.2 Å². The molecule has 0 radical (unpaired) electrons. The minimum atomic E-state index is 0.401. The normalized spacial score (nSPS) is 10.9. The van der Waals surface area contributed by atoms with Crippen LogP contribution in [-0.4, -0.2) is 16.5 Å². The Balaban J connectivity index is 2.33. The van der Waals surface area contributed by atoms with Crippen molar-refractivity contribution in [3.05, 3.63) is 53.9 Å². The number of pyridine rings is 1. The summed E-state index contributed by atoms with van der Waals surface area (Å²) in [7, 11) is 1.67. The summed E-state index contributed by atoms with van der Waals surface area (Å²) >= 11 is 6.15. The molecule has 20 heavy (non-hydrogen) atoms. The van der Waals surface area contributed by atoms with E-state index in [1.54, 1.807) is 7.11 Å². The molecule has 0 bridgehead atoms. The van der Waals surface area contributed by atoms with Gasteiger partial charge in [0, 0.05) is 11.8 Å². The lowest BCUT2D eigenvalue weighted by molar-refractivity contribution is 0.416. The van der Waals surface area contributed by atoms with Crippen molar-refractivity contribution in [1.29, 1.82) is 0 Å². The fourth-order valence-corrected chi connectivity index (χ4v) is 2.69. The Morgan fingerprint density at radius 1 is 1.20 bits per heavy atom. The molecule has 0 aliphatic heterocycles. The number of aromatic nitrogens is 2. The van der Waals surface area contributed by atoms with Crippen LogP contribution in [0, 0.1) is 6.92 Å². The number of alkyl halides is 1. The number of ether oxygens (including phenoxy) is 1. The number of aryl methyl sites for hydroxylation is 1. The number of halogens is 1. The Morgan fingerprint density at radius 3 is 2.75 bits per heavy atom. The van der Waals surface area contributed by atoms with Crippen LogP contribution in [0.25, 0.3) is 16.9 Å². The zero-order valence-electron chi connectivity index (χ0n) is 11.4. The number of hydrogen-bond acceptors (Lipinski definition) is 2. The van der Waals surface area contributed by atoms with E-state index in [4.69, 9.17) is 21.3 Å². The molecule has 102 valence electrons. The molecule has 0 atom stereocenters. The van der Waals surface area contributed by atoms with E-state index in [0.717, 1.165) is 33.9 Å². The minimum absolute atomic E-state index is 0.401. The topological polar surface area (TPSA) is 26.5 Å². The van der Waals surface area contributed by atoms with Crippen LogP contribution in [0.1, 0.15) is 11.3 Å². The zero-order valence-corrected chi connectivity index (χ0v) is 12.2. The van der Waals surface area contributed by atoms with Gasteiger partial charge in [0.1, 0.15) is 11.4 Å². The van der Waals surface area contributed by atoms with Crippen LogP contribution in [0.3, 0.4) is 0 Å². The highest BCUT2D eigenvalue weighted by atomic mass is 35.5. The summed E-state index contributed by atoms with van der Waals surface area (Å²) < 4.78 is 7.48. The maximum Gasteiger partial charge on any atom is 0.140 e. The van der Waals surface area contributed by atoms with E-state index in [2.05, 4.69) is 0 Å². The Hall–Kier alpha value is -2.00. The molecular weight excluding hydrogens is 272 g/mol. The molecule has 2 aromatic heterocycles. The summed E-state index contributed by atoms with van der Waals surface area (Å²) in [6, 6.07) is 11.9. The molecule has 2 heterocycles. The van der Waals surface area contributed by atoms with Crippen LogP contribution in [0.2, 0.25) is 0 Å². The van der Waals surface area contributed by atoms with E-state index in [1.807, 2.05) is 53.9 Å². The van der Waals surface area contributed by atoms with Gasteiger partial charge in [0.15, 0.2) is 0 Å². The summed E-state index contributed by atoms with van der Waals surface area (Å²) in [5, 5.41) is 0. The van der Waals surface area contributed by atoms with Gasteiger partial charge < -0.3 is 9.14 Å². The highest BCUT2D eigenvalue weighted by Crippen LogP contribution is 2.33. The number of benzene rings is 1. The van der Waals surface area contributed by atoms with E-state index >= 15 is 0 Å². The number of fused-ring (bicyclic) bond motifs is 1. The van der Waals surface area contributed by atoms with Crippen LogP contribution >= 0.6 is 11.6 Å². The Labute approximate surface area is 122 Å². The predicted octanol–water partition coefficient (Wildman–Crippen LogP) is 4.06. The lowest BCUT2D eigenvalue weighted by Crippen LogP contribution is -1.93. The molecule has 0 spiro atoms. The lowest BCUT2D eigenvalue weighted by Gasteiger charge is -2.07. The molecule has 0 unspecified atom stereocenters. The summed E-state index contributed by atoms with van der Waals surface area (Å²) in [6.07, 6.45) is 1.99. The smallest absolute Gasteiger partial charge is 0.140 e. The van der Waals surface area contributed by atoms with Crippen molar-refractivity contribution in [2.24, 2.45) is 0 Å². The molecule has 3 nitrogen and oxygen atoms in total. The van der Waals surface area contributed by atoms with Gasteiger partial charge in [-0.25, -0.2) is 4.98 Å². The average molecular weight is 287 g/mol. The molecule has 3 aromatic rings. The van der Waals surface area contributed by atoms with Gasteiger partial charge in [0.05, 0.1) is 24.4 Å². The maximum atomic E-state index is 6.15. The molecule has 0 aliphatic carbocycles. The van der Waals surface area contributed by atoms with Crippen molar-refractivity contribution in [2.75, 3.05) is 7.11 Å². The quantitative estimate of drug-likeness (QED) is 0.679. The molecular formula is C16H15ClN2O. The third-order valence-electron chi connectivity index (χ3n) is 3.43. The van der Waals surface area contributed by atoms with Crippen molar-refractivity contribution < 1.29 is 4.74 Å². The van der Waals surface area contributed by atoms with E-state index in [1.165, 1.54) is 0 Å². The third kappa shape index (κ3) is 1.95. The number of imidazole rings is 1. The highest BCUT2D eigenvalue weighted by molar-refractivity contribution is 6.17. The molecule has 4 heteroatoms. The van der Waals surface area contributed by atoms with Crippen molar-refractivity contribution in [1.82, 2.24) is 9.38 Å². The molecule has 0 aliphatic rings. The first-order valence-corrected chi connectivity index (χ1v) is 6.95. The number of rotatable bonds is 3. The van der Waals surface area contributed by atoms with Crippen LogP contribution in [0.5, 0.6) is 5.75 Å². The molecule has 0 fully saturated rings. The number of hydrogen-bond donors (Lipinski definition) is 0. The van der Waals surface area contributed by atoms with Crippen molar-refractivity contribution in [3.63, 3.8) is 0 Å². The standard InChI is InChI=1S/C16H15ClN2O/c1-11-6-5-9-19-13(10-17)15(18-16(11)19)12-7-3-4-8-14(12)20-2/h3-9H,10H2,1-2H3. The fraction of sp³-hybridized carbons (Fsp3) is 0.188. The highest BCUT2D eigenvalue weighted by Gasteiger charge is 2.16. The van der Waals surface area contributed by atoms with Crippen LogP contribution in [0.4, 0.5) is 0 Å². The lowest BCUT2D eigenvalue weighted by atomic mass is 10.1. The van der Waals surface area contributed by atoms with Gasteiger partial charge in [-0.1, -0.05) is 18.2 Å². The maximum absolute atomic E-state index is 6.15. The largest absolute Gasteiger partial charge is 0.496 e. The summed E-state index contributed by atoms with van der Waals surface area (Å²) in [6.45, 7) is 2.05. The second kappa shape index (κ2) is 5.17. The van der Waals surface area contributed by atoms with Crippen LogP contribution in [0.15, 0.2) is 42.6 Å². The first-order chi connectivity index (χ1) is 9.76. The summed E-state index contributed by atoms with van der Waals surface area (Å²) in [5.41, 5.74) is 4.89. The van der Waals surface area contributed by atoms with Crippen LogP contribution < -0.4 is 4.74 Å². The molecule has 3 rings (SSSR count). The Kier molecular flexibility index (Phi) is 3.36. The van der Waals surface area contributed by atoms with Gasteiger partial charge in [-0.2, -0.15) is 0 Å².